The van der Waals surface area contributed by atoms with E-state index < -0.39 is 30.1 Å². The Labute approximate surface area is 173 Å². The molecule has 0 spiro atoms. The highest BCUT2D eigenvalue weighted by atomic mass is 35.5. The maximum Gasteiger partial charge on any atom is 0.407 e. The van der Waals surface area contributed by atoms with Crippen molar-refractivity contribution in [3.63, 3.8) is 0 Å². The molecule has 2 aromatic carbocycles. The normalized spacial score (nSPS) is 12.7. The summed E-state index contributed by atoms with van der Waals surface area (Å²) in [6, 6.07) is 13.5. The van der Waals surface area contributed by atoms with Crippen molar-refractivity contribution in [3.8, 4) is 11.1 Å². The molecule has 0 aliphatic carbocycles. The van der Waals surface area contributed by atoms with Gasteiger partial charge >= 0.3 is 12.1 Å². The van der Waals surface area contributed by atoms with E-state index in [2.05, 4.69) is 5.32 Å². The Morgan fingerprint density at radius 2 is 1.72 bits per heavy atom. The van der Waals surface area contributed by atoms with Crippen molar-refractivity contribution in [1.29, 1.82) is 0 Å². The van der Waals surface area contributed by atoms with Gasteiger partial charge in [-0.2, -0.15) is 0 Å². The minimum Gasteiger partial charge on any atom is -0.481 e. The molecule has 2 amide bonds. The summed E-state index contributed by atoms with van der Waals surface area (Å²) in [5.41, 5.74) is 2.62. The molecule has 0 aromatic heterocycles. The van der Waals surface area contributed by atoms with Crippen LogP contribution in [0.5, 0.6) is 0 Å². The molecule has 0 fully saturated rings. The molecule has 0 saturated heterocycles. The van der Waals surface area contributed by atoms with Gasteiger partial charge in [-0.25, -0.2) is 4.79 Å². The van der Waals surface area contributed by atoms with Gasteiger partial charge in [-0.3, -0.25) is 14.5 Å². The van der Waals surface area contributed by atoms with Crippen LogP contribution in [-0.2, 0) is 16.0 Å². The van der Waals surface area contributed by atoms with Crippen LogP contribution in [0.1, 0.15) is 18.9 Å². The highest BCUT2D eigenvalue weighted by Gasteiger charge is 2.25. The average molecular weight is 419 g/mol. The predicted octanol–water partition coefficient (Wildman–Crippen LogP) is 3.51. The molecule has 2 rings (SSSR count). The van der Waals surface area contributed by atoms with Gasteiger partial charge in [0, 0.05) is 18.1 Å². The molecule has 0 saturated carbocycles. The Morgan fingerprint density at radius 3 is 2.28 bits per heavy atom. The van der Waals surface area contributed by atoms with Crippen molar-refractivity contribution in [2.75, 3.05) is 7.05 Å². The molecule has 8 heteroatoms. The number of aliphatic carboxylic acids is 1. The maximum absolute atomic E-state index is 12.4. The van der Waals surface area contributed by atoms with Crippen LogP contribution in [0, 0.1) is 0 Å². The largest absolute Gasteiger partial charge is 0.481 e. The summed E-state index contributed by atoms with van der Waals surface area (Å²) in [4.78, 5) is 35.5. The summed E-state index contributed by atoms with van der Waals surface area (Å²) in [5, 5.41) is 21.3. The molecule has 0 bridgehead atoms. The van der Waals surface area contributed by atoms with Crippen LogP contribution in [-0.4, -0.2) is 52.2 Å². The van der Waals surface area contributed by atoms with E-state index in [1.54, 1.807) is 12.1 Å². The first-order valence-electron chi connectivity index (χ1n) is 9.00. The lowest BCUT2D eigenvalue weighted by Gasteiger charge is -2.24. The Morgan fingerprint density at radius 1 is 1.07 bits per heavy atom. The summed E-state index contributed by atoms with van der Waals surface area (Å²) in [5.74, 6) is -1.65. The SMILES string of the molecule is C[C@H](C(=O)N[C@@H](CC(=O)O)Cc1ccc(-c2ccccc2)cc1Cl)N(C)C(=O)O. The number of likely N-dealkylation sites (N-methyl/N-ethyl adjacent to an activating group) is 1. The Balaban J connectivity index is 2.16. The highest BCUT2D eigenvalue weighted by molar-refractivity contribution is 6.31. The van der Waals surface area contributed by atoms with Gasteiger partial charge in [-0.1, -0.05) is 54.1 Å². The number of carboxylic acids is 1. The quantitative estimate of drug-likeness (QED) is 0.608. The number of carbonyl (C=O) groups is 3. The lowest BCUT2D eigenvalue weighted by atomic mass is 9.99. The third-order valence-corrected chi connectivity index (χ3v) is 5.01. The van der Waals surface area contributed by atoms with E-state index in [9.17, 15) is 19.5 Å². The second-order valence-corrected chi connectivity index (χ2v) is 7.16. The zero-order valence-electron chi connectivity index (χ0n) is 16.1. The minimum absolute atomic E-state index is 0.204. The number of hydrogen-bond donors (Lipinski definition) is 3. The van der Waals surface area contributed by atoms with Crippen molar-refractivity contribution in [2.45, 2.75) is 31.8 Å². The molecule has 0 unspecified atom stereocenters. The van der Waals surface area contributed by atoms with E-state index in [0.29, 0.717) is 10.6 Å². The van der Waals surface area contributed by atoms with Crippen molar-refractivity contribution >= 4 is 29.6 Å². The Kier molecular flexibility index (Phi) is 7.61. The zero-order chi connectivity index (χ0) is 21.6. The smallest absolute Gasteiger partial charge is 0.407 e. The highest BCUT2D eigenvalue weighted by Crippen LogP contribution is 2.26. The fourth-order valence-electron chi connectivity index (χ4n) is 2.84. The summed E-state index contributed by atoms with van der Waals surface area (Å²) in [7, 11) is 1.28. The van der Waals surface area contributed by atoms with Crippen LogP contribution in [0.4, 0.5) is 4.79 Å². The topological polar surface area (TPSA) is 107 Å². The first-order valence-corrected chi connectivity index (χ1v) is 9.38. The lowest BCUT2D eigenvalue weighted by molar-refractivity contribution is -0.137. The van der Waals surface area contributed by atoms with Crippen molar-refractivity contribution in [3.05, 3.63) is 59.1 Å². The van der Waals surface area contributed by atoms with Crippen LogP contribution in [0.3, 0.4) is 0 Å². The predicted molar refractivity (Wildman–Crippen MR) is 110 cm³/mol. The van der Waals surface area contributed by atoms with E-state index in [1.165, 1.54) is 14.0 Å². The van der Waals surface area contributed by atoms with E-state index in [0.717, 1.165) is 16.0 Å². The van der Waals surface area contributed by atoms with Crippen LogP contribution < -0.4 is 5.32 Å². The summed E-state index contributed by atoms with van der Waals surface area (Å²) in [6.07, 6.45) is -1.36. The zero-order valence-corrected chi connectivity index (χ0v) is 16.9. The van der Waals surface area contributed by atoms with Crippen LogP contribution >= 0.6 is 11.6 Å². The maximum atomic E-state index is 12.4. The fourth-order valence-corrected chi connectivity index (χ4v) is 3.09. The molecule has 2 aromatic rings. The molecule has 0 aliphatic heterocycles. The van der Waals surface area contributed by atoms with Crippen molar-refractivity contribution in [2.24, 2.45) is 0 Å². The fraction of sp³-hybridized carbons (Fsp3) is 0.286. The van der Waals surface area contributed by atoms with Gasteiger partial charge < -0.3 is 15.5 Å². The van der Waals surface area contributed by atoms with Gasteiger partial charge in [-0.05, 0) is 36.1 Å². The second kappa shape index (κ2) is 9.93. The molecular weight excluding hydrogens is 396 g/mol. The molecule has 154 valence electrons. The van der Waals surface area contributed by atoms with Crippen LogP contribution in [0.2, 0.25) is 5.02 Å². The second-order valence-electron chi connectivity index (χ2n) is 6.75. The van der Waals surface area contributed by atoms with Crippen molar-refractivity contribution < 1.29 is 24.6 Å². The monoisotopic (exact) mass is 418 g/mol. The van der Waals surface area contributed by atoms with Crippen LogP contribution in [0.25, 0.3) is 11.1 Å². The number of hydrogen-bond acceptors (Lipinski definition) is 3. The molecule has 0 radical (unpaired) electrons. The Hall–Kier alpha value is -3.06. The summed E-state index contributed by atoms with van der Waals surface area (Å²) in [6.45, 7) is 1.43. The molecule has 0 heterocycles. The molecule has 2 atom stereocenters. The Bertz CT molecular complexity index is 888. The average Bonchev–Trinajstić information content (AvgIpc) is 2.68. The lowest BCUT2D eigenvalue weighted by Crippen LogP contribution is -2.49. The molecule has 0 aliphatic rings. The first-order chi connectivity index (χ1) is 13.7. The van der Waals surface area contributed by atoms with Gasteiger partial charge in [0.25, 0.3) is 0 Å². The van der Waals surface area contributed by atoms with E-state index in [1.807, 2.05) is 36.4 Å². The standard InChI is InChI=1S/C21H23ClN2O5/c1-13(24(2)21(28)29)20(27)23-17(12-19(25)26)10-16-9-8-15(11-18(16)22)14-6-4-3-5-7-14/h3-9,11,13,17H,10,12H2,1-2H3,(H,23,27)(H,25,26)(H,28,29)/t13-,17-/m1/s1. The number of rotatable bonds is 8. The van der Waals surface area contributed by atoms with E-state index in [4.69, 9.17) is 16.7 Å². The molecule has 29 heavy (non-hydrogen) atoms. The minimum atomic E-state index is -1.25. The molecule has 3 N–H and O–H groups in total. The number of nitrogens with one attached hydrogen (secondary N) is 1. The van der Waals surface area contributed by atoms with Gasteiger partial charge in [0.15, 0.2) is 0 Å². The number of carbonyl (C=O) groups excluding carboxylic acids is 1. The number of carboxylic acid groups (broad SMARTS) is 2. The van der Waals surface area contributed by atoms with Crippen LogP contribution in [0.15, 0.2) is 48.5 Å². The van der Waals surface area contributed by atoms with Gasteiger partial charge in [0.05, 0.1) is 6.42 Å². The summed E-state index contributed by atoms with van der Waals surface area (Å²) >= 11 is 6.40. The van der Waals surface area contributed by atoms with Crippen molar-refractivity contribution in [1.82, 2.24) is 10.2 Å². The molecule has 7 nitrogen and oxygen atoms in total. The number of benzene rings is 2. The number of nitrogens with zero attached hydrogens (tertiary/aromatic N) is 1. The summed E-state index contributed by atoms with van der Waals surface area (Å²) < 4.78 is 0. The third kappa shape index (κ3) is 6.22. The number of amides is 2. The van der Waals surface area contributed by atoms with Gasteiger partial charge in [0.1, 0.15) is 6.04 Å². The number of halogens is 1. The first kappa shape index (κ1) is 22.2. The third-order valence-electron chi connectivity index (χ3n) is 4.66. The van der Waals surface area contributed by atoms with Gasteiger partial charge in [-0.15, -0.1) is 0 Å². The molecular formula is C21H23ClN2O5. The van der Waals surface area contributed by atoms with E-state index in [-0.39, 0.29) is 12.8 Å². The van der Waals surface area contributed by atoms with Gasteiger partial charge in [0.2, 0.25) is 5.91 Å². The van der Waals surface area contributed by atoms with E-state index >= 15 is 0 Å².